The van der Waals surface area contributed by atoms with Crippen molar-refractivity contribution in [3.8, 4) is 0 Å². The lowest BCUT2D eigenvalue weighted by Crippen LogP contribution is -2.16. The molecular weight excluding hydrogens is 236 g/mol. The summed E-state index contributed by atoms with van der Waals surface area (Å²) in [4.78, 5) is 11.4. The van der Waals surface area contributed by atoms with Gasteiger partial charge in [0.15, 0.2) is 0 Å². The van der Waals surface area contributed by atoms with Gasteiger partial charge in [-0.05, 0) is 17.2 Å². The average molecular weight is 254 g/mol. The van der Waals surface area contributed by atoms with Crippen molar-refractivity contribution in [1.29, 1.82) is 0 Å². The van der Waals surface area contributed by atoms with Gasteiger partial charge in [-0.2, -0.15) is 5.10 Å². The van der Waals surface area contributed by atoms with Crippen LogP contribution in [0, 0.1) is 0 Å². The Bertz CT molecular complexity index is 585. The molecule has 0 radical (unpaired) electrons. The Labute approximate surface area is 113 Å². The predicted molar refractivity (Wildman–Crippen MR) is 79.2 cm³/mol. The van der Waals surface area contributed by atoms with Gasteiger partial charge >= 0.3 is 0 Å². The molecule has 1 amide bonds. The predicted octanol–water partition coefficient (Wildman–Crippen LogP) is 3.48. The molecule has 2 aromatic carbocycles. The molecule has 0 heterocycles. The Morgan fingerprint density at radius 2 is 2.00 bits per heavy atom. The lowest BCUT2D eigenvalue weighted by Gasteiger charge is -2.01. The van der Waals surface area contributed by atoms with Gasteiger partial charge in [0.1, 0.15) is 0 Å². The fourth-order valence-electron chi connectivity index (χ4n) is 1.93. The van der Waals surface area contributed by atoms with E-state index in [2.05, 4.69) is 35.7 Å². The van der Waals surface area contributed by atoms with Gasteiger partial charge in [-0.1, -0.05) is 55.8 Å². The molecule has 0 fully saturated rings. The van der Waals surface area contributed by atoms with Crippen LogP contribution in [0.1, 0.15) is 31.7 Å². The third-order valence-electron chi connectivity index (χ3n) is 2.97. The molecule has 2 aromatic rings. The van der Waals surface area contributed by atoms with Gasteiger partial charge in [0.2, 0.25) is 5.91 Å². The molecule has 3 nitrogen and oxygen atoms in total. The first kappa shape index (κ1) is 13.3. The summed E-state index contributed by atoms with van der Waals surface area (Å²) in [5.41, 5.74) is 3.57. The summed E-state index contributed by atoms with van der Waals surface area (Å²) in [6, 6.07) is 14.2. The number of carbonyl (C=O) groups excluding carboxylic acids is 1. The molecule has 0 aromatic heterocycles. The number of fused-ring (bicyclic) bond motifs is 1. The van der Waals surface area contributed by atoms with Crippen molar-refractivity contribution in [2.75, 3.05) is 0 Å². The minimum atomic E-state index is -0.0293. The Balaban J connectivity index is 2.07. The van der Waals surface area contributed by atoms with Gasteiger partial charge < -0.3 is 0 Å². The number of hydrogen-bond donors (Lipinski definition) is 1. The van der Waals surface area contributed by atoms with Crippen LogP contribution in [-0.4, -0.2) is 12.1 Å². The molecule has 0 spiro atoms. The summed E-state index contributed by atoms with van der Waals surface area (Å²) >= 11 is 0. The van der Waals surface area contributed by atoms with E-state index < -0.39 is 0 Å². The molecule has 0 aliphatic rings. The highest BCUT2D eigenvalue weighted by Crippen LogP contribution is 2.16. The number of hydrogen-bond acceptors (Lipinski definition) is 2. The maximum absolute atomic E-state index is 11.4. The number of unbranched alkanes of at least 4 members (excludes halogenated alkanes) is 1. The lowest BCUT2D eigenvalue weighted by atomic mass is 10.1. The first-order valence-electron chi connectivity index (χ1n) is 6.61. The molecule has 0 atom stereocenters. The fraction of sp³-hybridized carbons (Fsp3) is 0.250. The van der Waals surface area contributed by atoms with Crippen LogP contribution in [0.4, 0.5) is 0 Å². The van der Waals surface area contributed by atoms with Crippen LogP contribution >= 0.6 is 0 Å². The molecule has 0 aliphatic carbocycles. The summed E-state index contributed by atoms with van der Waals surface area (Å²) in [6.45, 7) is 2.06. The van der Waals surface area contributed by atoms with Crippen molar-refractivity contribution in [2.24, 2.45) is 5.10 Å². The van der Waals surface area contributed by atoms with Gasteiger partial charge in [0.25, 0.3) is 0 Å². The highest BCUT2D eigenvalue weighted by atomic mass is 16.2. The summed E-state index contributed by atoms with van der Waals surface area (Å²) in [6.07, 6.45) is 4.14. The van der Waals surface area contributed by atoms with Crippen LogP contribution < -0.4 is 5.43 Å². The van der Waals surface area contributed by atoms with Crippen molar-refractivity contribution in [3.05, 3.63) is 48.0 Å². The zero-order chi connectivity index (χ0) is 13.5. The average Bonchev–Trinajstić information content (AvgIpc) is 2.45. The maximum atomic E-state index is 11.4. The van der Waals surface area contributed by atoms with E-state index in [-0.39, 0.29) is 5.91 Å². The Morgan fingerprint density at radius 1 is 1.21 bits per heavy atom. The van der Waals surface area contributed by atoms with E-state index >= 15 is 0 Å². The van der Waals surface area contributed by atoms with Crippen molar-refractivity contribution < 1.29 is 4.79 Å². The second-order valence-corrected chi connectivity index (χ2v) is 4.47. The minimum Gasteiger partial charge on any atom is -0.273 e. The molecule has 0 aliphatic heterocycles. The molecule has 0 unspecified atom stereocenters. The first-order valence-corrected chi connectivity index (χ1v) is 6.61. The second kappa shape index (κ2) is 6.69. The van der Waals surface area contributed by atoms with E-state index in [0.717, 1.165) is 23.8 Å². The Hall–Kier alpha value is -2.16. The third-order valence-corrected chi connectivity index (χ3v) is 2.97. The van der Waals surface area contributed by atoms with Gasteiger partial charge in [-0.25, -0.2) is 5.43 Å². The Kier molecular flexibility index (Phi) is 4.67. The molecule has 19 heavy (non-hydrogen) atoms. The van der Waals surface area contributed by atoms with Gasteiger partial charge in [-0.3, -0.25) is 4.79 Å². The van der Waals surface area contributed by atoms with E-state index in [1.807, 2.05) is 24.3 Å². The summed E-state index contributed by atoms with van der Waals surface area (Å²) in [5.74, 6) is -0.0293. The quantitative estimate of drug-likeness (QED) is 0.644. The van der Waals surface area contributed by atoms with E-state index in [1.165, 1.54) is 5.39 Å². The molecule has 0 saturated heterocycles. The van der Waals surface area contributed by atoms with Crippen molar-refractivity contribution in [2.45, 2.75) is 26.2 Å². The van der Waals surface area contributed by atoms with Crippen LogP contribution in [0.5, 0.6) is 0 Å². The SMILES string of the molecule is CCCCC(=O)N/N=C\c1cccc2ccccc12. The van der Waals surface area contributed by atoms with Crippen LogP contribution in [0.3, 0.4) is 0 Å². The number of carbonyl (C=O) groups is 1. The van der Waals surface area contributed by atoms with Crippen LogP contribution in [0.15, 0.2) is 47.6 Å². The zero-order valence-electron chi connectivity index (χ0n) is 11.1. The van der Waals surface area contributed by atoms with Crippen molar-refractivity contribution >= 4 is 22.9 Å². The number of nitrogens with one attached hydrogen (secondary N) is 1. The summed E-state index contributed by atoms with van der Waals surface area (Å²) in [7, 11) is 0. The smallest absolute Gasteiger partial charge is 0.240 e. The number of hydrazone groups is 1. The first-order chi connectivity index (χ1) is 9.31. The maximum Gasteiger partial charge on any atom is 0.240 e. The van der Waals surface area contributed by atoms with Gasteiger partial charge in [-0.15, -0.1) is 0 Å². The molecule has 1 N–H and O–H groups in total. The second-order valence-electron chi connectivity index (χ2n) is 4.47. The summed E-state index contributed by atoms with van der Waals surface area (Å²) < 4.78 is 0. The molecule has 3 heteroatoms. The van der Waals surface area contributed by atoms with Gasteiger partial charge in [0, 0.05) is 12.0 Å². The van der Waals surface area contributed by atoms with Crippen LogP contribution in [0.25, 0.3) is 10.8 Å². The van der Waals surface area contributed by atoms with Crippen LogP contribution in [0.2, 0.25) is 0 Å². The Morgan fingerprint density at radius 3 is 2.84 bits per heavy atom. The molecule has 98 valence electrons. The molecule has 0 saturated carbocycles. The molecule has 0 bridgehead atoms. The van der Waals surface area contributed by atoms with E-state index in [0.29, 0.717) is 6.42 Å². The number of nitrogens with zero attached hydrogens (tertiary/aromatic N) is 1. The van der Waals surface area contributed by atoms with Crippen molar-refractivity contribution in [3.63, 3.8) is 0 Å². The highest BCUT2D eigenvalue weighted by molar-refractivity contribution is 5.99. The van der Waals surface area contributed by atoms with E-state index in [4.69, 9.17) is 0 Å². The highest BCUT2D eigenvalue weighted by Gasteiger charge is 1.99. The van der Waals surface area contributed by atoms with E-state index in [9.17, 15) is 4.79 Å². The standard InChI is InChI=1S/C16H18N2O/c1-2-3-11-16(19)18-17-12-14-9-6-8-13-7-4-5-10-15(13)14/h4-10,12H,2-3,11H2,1H3,(H,18,19)/b17-12-. The monoisotopic (exact) mass is 254 g/mol. The van der Waals surface area contributed by atoms with E-state index in [1.54, 1.807) is 6.21 Å². The lowest BCUT2D eigenvalue weighted by molar-refractivity contribution is -0.121. The molecular formula is C16H18N2O. The number of benzene rings is 2. The van der Waals surface area contributed by atoms with Gasteiger partial charge in [0.05, 0.1) is 6.21 Å². The molecule has 2 rings (SSSR count). The normalized spacial score (nSPS) is 11.0. The third kappa shape index (κ3) is 3.65. The number of amides is 1. The van der Waals surface area contributed by atoms with Crippen molar-refractivity contribution in [1.82, 2.24) is 5.43 Å². The number of rotatable bonds is 5. The zero-order valence-corrected chi connectivity index (χ0v) is 11.1. The summed E-state index contributed by atoms with van der Waals surface area (Å²) in [5, 5.41) is 6.33. The largest absolute Gasteiger partial charge is 0.273 e. The topological polar surface area (TPSA) is 41.5 Å². The van der Waals surface area contributed by atoms with Crippen LogP contribution in [-0.2, 0) is 4.79 Å². The fourth-order valence-corrected chi connectivity index (χ4v) is 1.93. The minimum absolute atomic E-state index is 0.0293.